The van der Waals surface area contributed by atoms with E-state index < -0.39 is 0 Å². The fourth-order valence-electron chi connectivity index (χ4n) is 1.77. The number of benzene rings is 2. The topological polar surface area (TPSA) is 50.4 Å². The Morgan fingerprint density at radius 1 is 1.27 bits per heavy atom. The van der Waals surface area contributed by atoms with Gasteiger partial charge in [0.2, 0.25) is 0 Å². The summed E-state index contributed by atoms with van der Waals surface area (Å²) >= 11 is 9.32. The smallest absolute Gasteiger partial charge is 0.319 e. The highest BCUT2D eigenvalue weighted by Gasteiger charge is 2.04. The SMILES string of the molecule is Cc1cc(OCCNC(=O)Nc2ccccc2Br)ccc1Cl. The molecule has 0 atom stereocenters. The lowest BCUT2D eigenvalue weighted by atomic mass is 10.2. The number of rotatable bonds is 5. The van der Waals surface area contributed by atoms with Gasteiger partial charge in [0.25, 0.3) is 0 Å². The zero-order valence-electron chi connectivity index (χ0n) is 12.0. The number of ether oxygens (including phenoxy) is 1. The maximum atomic E-state index is 11.8. The number of halogens is 2. The van der Waals surface area contributed by atoms with Crippen molar-refractivity contribution in [1.29, 1.82) is 0 Å². The first-order chi connectivity index (χ1) is 10.6. The Hall–Kier alpha value is -1.72. The lowest BCUT2D eigenvalue weighted by Gasteiger charge is -2.10. The summed E-state index contributed by atoms with van der Waals surface area (Å²) in [6, 6.07) is 12.6. The van der Waals surface area contributed by atoms with E-state index >= 15 is 0 Å². The van der Waals surface area contributed by atoms with Gasteiger partial charge in [0, 0.05) is 9.50 Å². The summed E-state index contributed by atoms with van der Waals surface area (Å²) in [7, 11) is 0. The Balaban J connectivity index is 1.73. The van der Waals surface area contributed by atoms with Crippen molar-refractivity contribution < 1.29 is 9.53 Å². The van der Waals surface area contributed by atoms with E-state index in [2.05, 4.69) is 26.6 Å². The first kappa shape index (κ1) is 16.6. The van der Waals surface area contributed by atoms with Gasteiger partial charge in [-0.3, -0.25) is 0 Å². The molecular weight excluding hydrogens is 368 g/mol. The molecule has 22 heavy (non-hydrogen) atoms. The van der Waals surface area contributed by atoms with E-state index in [0.717, 1.165) is 15.8 Å². The molecule has 0 bridgehead atoms. The second-order valence-corrected chi connectivity index (χ2v) is 5.88. The maximum absolute atomic E-state index is 11.8. The van der Waals surface area contributed by atoms with Crippen LogP contribution in [0.5, 0.6) is 5.75 Å². The van der Waals surface area contributed by atoms with Crippen LogP contribution in [0.2, 0.25) is 5.02 Å². The van der Waals surface area contributed by atoms with Crippen LogP contribution in [-0.2, 0) is 0 Å². The van der Waals surface area contributed by atoms with Crippen LogP contribution in [0, 0.1) is 6.92 Å². The van der Waals surface area contributed by atoms with Gasteiger partial charge in [-0.05, 0) is 58.7 Å². The molecule has 0 heterocycles. The number of anilines is 1. The van der Waals surface area contributed by atoms with E-state index in [1.807, 2.05) is 37.3 Å². The third-order valence-corrected chi connectivity index (χ3v) is 4.02. The van der Waals surface area contributed by atoms with Crippen LogP contribution >= 0.6 is 27.5 Å². The van der Waals surface area contributed by atoms with Crippen LogP contribution in [0.1, 0.15) is 5.56 Å². The number of hydrogen-bond donors (Lipinski definition) is 2. The molecule has 0 aliphatic carbocycles. The summed E-state index contributed by atoms with van der Waals surface area (Å²) in [5.74, 6) is 0.731. The molecule has 4 nitrogen and oxygen atoms in total. The van der Waals surface area contributed by atoms with Crippen molar-refractivity contribution in [3.63, 3.8) is 0 Å². The minimum atomic E-state index is -0.275. The van der Waals surface area contributed by atoms with Crippen LogP contribution in [0.15, 0.2) is 46.9 Å². The standard InChI is InChI=1S/C16H16BrClN2O2/c1-11-10-12(6-7-14(11)18)22-9-8-19-16(21)20-15-5-3-2-4-13(15)17/h2-7,10H,8-9H2,1H3,(H2,19,20,21). The molecule has 2 N–H and O–H groups in total. The van der Waals surface area contributed by atoms with Crippen LogP contribution in [0.3, 0.4) is 0 Å². The van der Waals surface area contributed by atoms with Crippen molar-refractivity contribution in [2.24, 2.45) is 0 Å². The summed E-state index contributed by atoms with van der Waals surface area (Å²) in [6.07, 6.45) is 0. The molecule has 0 aliphatic heterocycles. The number of urea groups is 1. The second kappa shape index (κ2) is 8.06. The van der Waals surface area contributed by atoms with E-state index in [4.69, 9.17) is 16.3 Å². The summed E-state index contributed by atoms with van der Waals surface area (Å²) in [4.78, 5) is 11.8. The Kier molecular flexibility index (Phi) is 6.10. The lowest BCUT2D eigenvalue weighted by molar-refractivity contribution is 0.247. The number of para-hydroxylation sites is 1. The highest BCUT2D eigenvalue weighted by molar-refractivity contribution is 9.10. The molecule has 0 saturated carbocycles. The Morgan fingerprint density at radius 2 is 2.05 bits per heavy atom. The van der Waals surface area contributed by atoms with Crippen LogP contribution < -0.4 is 15.4 Å². The molecule has 6 heteroatoms. The van der Waals surface area contributed by atoms with Crippen LogP contribution in [0.25, 0.3) is 0 Å². The zero-order chi connectivity index (χ0) is 15.9. The molecule has 0 aliphatic rings. The third kappa shape index (κ3) is 4.93. The average Bonchev–Trinajstić information content (AvgIpc) is 2.49. The van der Waals surface area contributed by atoms with Gasteiger partial charge in [-0.15, -0.1) is 0 Å². The van der Waals surface area contributed by atoms with E-state index in [0.29, 0.717) is 23.9 Å². The molecule has 2 amide bonds. The highest BCUT2D eigenvalue weighted by Crippen LogP contribution is 2.21. The Morgan fingerprint density at radius 3 is 2.77 bits per heavy atom. The number of nitrogens with one attached hydrogen (secondary N) is 2. The summed E-state index contributed by atoms with van der Waals surface area (Å²) < 4.78 is 6.39. The summed E-state index contributed by atoms with van der Waals surface area (Å²) in [5, 5.41) is 6.19. The minimum absolute atomic E-state index is 0.275. The number of carbonyl (C=O) groups excluding carboxylic acids is 1. The fourth-order valence-corrected chi connectivity index (χ4v) is 2.27. The summed E-state index contributed by atoms with van der Waals surface area (Å²) in [6.45, 7) is 2.70. The molecular formula is C16H16BrClN2O2. The van der Waals surface area contributed by atoms with E-state index in [1.54, 1.807) is 12.1 Å². The molecule has 2 rings (SSSR count). The molecule has 0 saturated heterocycles. The predicted molar refractivity (Wildman–Crippen MR) is 92.8 cm³/mol. The van der Waals surface area contributed by atoms with Gasteiger partial charge in [-0.2, -0.15) is 0 Å². The van der Waals surface area contributed by atoms with Crippen molar-refractivity contribution in [2.45, 2.75) is 6.92 Å². The van der Waals surface area contributed by atoms with Gasteiger partial charge in [-0.1, -0.05) is 23.7 Å². The number of amides is 2. The van der Waals surface area contributed by atoms with Crippen molar-refractivity contribution >= 4 is 39.2 Å². The van der Waals surface area contributed by atoms with E-state index in [1.165, 1.54) is 0 Å². The van der Waals surface area contributed by atoms with Crippen molar-refractivity contribution in [2.75, 3.05) is 18.5 Å². The normalized spacial score (nSPS) is 10.1. The van der Waals surface area contributed by atoms with Gasteiger partial charge in [-0.25, -0.2) is 4.79 Å². The Labute approximate surface area is 142 Å². The molecule has 0 unspecified atom stereocenters. The quantitative estimate of drug-likeness (QED) is 0.741. The minimum Gasteiger partial charge on any atom is -0.492 e. The fraction of sp³-hybridized carbons (Fsp3) is 0.188. The molecule has 0 aromatic heterocycles. The van der Waals surface area contributed by atoms with E-state index in [9.17, 15) is 4.79 Å². The van der Waals surface area contributed by atoms with Gasteiger partial charge in [0.05, 0.1) is 12.2 Å². The van der Waals surface area contributed by atoms with E-state index in [-0.39, 0.29) is 6.03 Å². The second-order valence-electron chi connectivity index (χ2n) is 4.62. The predicted octanol–water partition coefficient (Wildman–Crippen LogP) is 4.61. The molecule has 0 spiro atoms. The van der Waals surface area contributed by atoms with Crippen molar-refractivity contribution in [1.82, 2.24) is 5.32 Å². The van der Waals surface area contributed by atoms with Crippen LogP contribution in [0.4, 0.5) is 10.5 Å². The van der Waals surface area contributed by atoms with Gasteiger partial charge >= 0.3 is 6.03 Å². The molecule has 116 valence electrons. The molecule has 2 aromatic carbocycles. The third-order valence-electron chi connectivity index (χ3n) is 2.91. The molecule has 0 radical (unpaired) electrons. The largest absolute Gasteiger partial charge is 0.492 e. The maximum Gasteiger partial charge on any atom is 0.319 e. The summed E-state index contributed by atoms with van der Waals surface area (Å²) in [5.41, 5.74) is 1.67. The molecule has 0 fully saturated rings. The van der Waals surface area contributed by atoms with Crippen LogP contribution in [-0.4, -0.2) is 19.2 Å². The van der Waals surface area contributed by atoms with Gasteiger partial charge in [0.15, 0.2) is 0 Å². The lowest BCUT2D eigenvalue weighted by Crippen LogP contribution is -2.32. The van der Waals surface area contributed by atoms with Gasteiger partial charge < -0.3 is 15.4 Å². The first-order valence-electron chi connectivity index (χ1n) is 6.74. The van der Waals surface area contributed by atoms with Crippen molar-refractivity contribution in [3.8, 4) is 5.75 Å². The molecule has 2 aromatic rings. The monoisotopic (exact) mass is 382 g/mol. The van der Waals surface area contributed by atoms with Gasteiger partial charge in [0.1, 0.15) is 12.4 Å². The number of carbonyl (C=O) groups is 1. The number of aryl methyl sites for hydroxylation is 1. The average molecular weight is 384 g/mol. The zero-order valence-corrected chi connectivity index (χ0v) is 14.4. The number of hydrogen-bond acceptors (Lipinski definition) is 2. The first-order valence-corrected chi connectivity index (χ1v) is 7.91. The van der Waals surface area contributed by atoms with Crippen molar-refractivity contribution in [3.05, 3.63) is 57.5 Å². The Bertz CT molecular complexity index is 664. The highest BCUT2D eigenvalue weighted by atomic mass is 79.9.